The lowest BCUT2D eigenvalue weighted by Gasteiger charge is -2.55. The van der Waals surface area contributed by atoms with Crippen molar-refractivity contribution in [2.75, 3.05) is 0 Å². The average molecular weight is 673 g/mol. The molecule has 1 aromatic carbocycles. The summed E-state index contributed by atoms with van der Waals surface area (Å²) in [4.78, 5) is 63.4. The number of esters is 3. The second kappa shape index (κ2) is 14.2. The van der Waals surface area contributed by atoms with Gasteiger partial charge in [-0.25, -0.2) is 19.2 Å². The molecular weight excluding hydrogens is 628 g/mol. The van der Waals surface area contributed by atoms with Gasteiger partial charge in [-0.3, -0.25) is 4.79 Å². The van der Waals surface area contributed by atoms with Gasteiger partial charge in [0, 0.05) is 25.3 Å². The van der Waals surface area contributed by atoms with Gasteiger partial charge in [-0.05, 0) is 42.2 Å². The predicted molar refractivity (Wildman–Crippen MR) is 167 cm³/mol. The Morgan fingerprint density at radius 2 is 1.71 bits per heavy atom. The van der Waals surface area contributed by atoms with Gasteiger partial charge in [0.15, 0.2) is 6.10 Å². The monoisotopic (exact) mass is 672 g/mol. The van der Waals surface area contributed by atoms with Gasteiger partial charge in [-0.2, -0.15) is 0 Å². The zero-order valence-corrected chi connectivity index (χ0v) is 27.7. The number of aliphatic carboxylic acids is 2. The van der Waals surface area contributed by atoms with Gasteiger partial charge in [-0.1, -0.05) is 77.1 Å². The first-order valence-corrected chi connectivity index (χ1v) is 16.1. The fourth-order valence-electron chi connectivity index (χ4n) is 6.88. The van der Waals surface area contributed by atoms with Gasteiger partial charge in [-0.15, -0.1) is 0 Å². The highest BCUT2D eigenvalue weighted by atomic mass is 16.8. The lowest BCUT2D eigenvalue weighted by Crippen LogP contribution is -2.85. The van der Waals surface area contributed by atoms with Gasteiger partial charge in [0.1, 0.15) is 12.2 Å². The fourth-order valence-corrected chi connectivity index (χ4v) is 6.88. The number of aliphatic hydroxyl groups is 1. The number of aliphatic hydroxyl groups excluding tert-OH is 1. The molecular formula is C35H44O13. The molecule has 0 radical (unpaired) electrons. The van der Waals surface area contributed by atoms with Crippen molar-refractivity contribution in [1.82, 2.24) is 0 Å². The lowest BCUT2D eigenvalue weighted by molar-refractivity contribution is -0.401. The number of carboxylic acids is 2. The van der Waals surface area contributed by atoms with Crippen LogP contribution in [-0.4, -0.2) is 86.6 Å². The van der Waals surface area contributed by atoms with Gasteiger partial charge in [0.05, 0.1) is 0 Å². The third-order valence-corrected chi connectivity index (χ3v) is 9.50. The summed E-state index contributed by atoms with van der Waals surface area (Å²) in [5.74, 6) is -9.02. The van der Waals surface area contributed by atoms with Crippen molar-refractivity contribution < 1.29 is 63.0 Å². The summed E-state index contributed by atoms with van der Waals surface area (Å²) in [5.41, 5.74) is -4.73. The molecule has 0 amide bonds. The van der Waals surface area contributed by atoms with E-state index in [0.29, 0.717) is 17.9 Å². The Hall–Kier alpha value is -4.07. The Labute approximate surface area is 278 Å². The second-order valence-corrected chi connectivity index (χ2v) is 13.2. The van der Waals surface area contributed by atoms with E-state index in [1.807, 2.05) is 51.1 Å². The molecule has 0 spiro atoms. The topological polar surface area (TPSA) is 192 Å². The zero-order chi connectivity index (χ0) is 35.6. The Kier molecular flexibility index (Phi) is 10.9. The van der Waals surface area contributed by atoms with E-state index in [1.54, 1.807) is 6.08 Å². The molecule has 2 bridgehead atoms. The molecule has 1 aromatic rings. The minimum absolute atomic E-state index is 0.0534. The summed E-state index contributed by atoms with van der Waals surface area (Å²) in [5, 5.41) is 32.4. The van der Waals surface area contributed by atoms with Crippen LogP contribution in [0.4, 0.5) is 0 Å². The molecule has 3 unspecified atom stereocenters. The van der Waals surface area contributed by atoms with Crippen LogP contribution in [0.15, 0.2) is 54.6 Å². The summed E-state index contributed by atoms with van der Waals surface area (Å²) in [7, 11) is 0. The molecule has 4 rings (SSSR count). The maximum atomic E-state index is 13.1. The van der Waals surface area contributed by atoms with Crippen LogP contribution in [0.3, 0.4) is 0 Å². The van der Waals surface area contributed by atoms with Crippen LogP contribution in [-0.2, 0) is 54.1 Å². The number of carbonyl (C=O) groups excluding carboxylic acids is 3. The minimum atomic E-state index is -3.09. The van der Waals surface area contributed by atoms with Crippen molar-refractivity contribution in [3.05, 3.63) is 60.2 Å². The largest absolute Gasteiger partial charge is 0.479 e. The molecule has 3 aliphatic heterocycles. The van der Waals surface area contributed by atoms with Crippen LogP contribution < -0.4 is 0 Å². The lowest BCUT2D eigenvalue weighted by atomic mass is 9.71. The number of hydrogen-bond donors (Lipinski definition) is 3. The first-order chi connectivity index (χ1) is 22.5. The van der Waals surface area contributed by atoms with Crippen LogP contribution in [0.5, 0.6) is 0 Å². The Morgan fingerprint density at radius 1 is 1.06 bits per heavy atom. The van der Waals surface area contributed by atoms with Crippen molar-refractivity contribution in [2.24, 2.45) is 17.8 Å². The van der Waals surface area contributed by atoms with Crippen LogP contribution in [0, 0.1) is 17.8 Å². The van der Waals surface area contributed by atoms with E-state index >= 15 is 0 Å². The zero-order valence-electron chi connectivity index (χ0n) is 27.7. The highest BCUT2D eigenvalue weighted by Gasteiger charge is 2.91. The Bertz CT molecular complexity index is 1460. The van der Waals surface area contributed by atoms with Crippen LogP contribution in [0.2, 0.25) is 0 Å². The Morgan fingerprint density at radius 3 is 2.27 bits per heavy atom. The van der Waals surface area contributed by atoms with E-state index in [9.17, 15) is 39.3 Å². The summed E-state index contributed by atoms with van der Waals surface area (Å²) >= 11 is 0. The number of carboxylic acid groups (broad SMARTS) is 2. The predicted octanol–water partition coefficient (Wildman–Crippen LogP) is 3.36. The molecule has 3 aliphatic rings. The number of benzene rings is 1. The number of rotatable bonds is 16. The Balaban J connectivity index is 1.65. The molecule has 3 N–H and O–H groups in total. The first-order valence-electron chi connectivity index (χ1n) is 16.1. The fraction of sp³-hybridized carbons (Fsp3) is 0.571. The molecule has 13 nitrogen and oxygen atoms in total. The SMILES string of the molecule is C=C(CC[C@]12O[C@@H]3C(=O)O[C@]3(C(=O)O)[C@](C(=O)O)(O1)[C@H](OC(=O)/C=C/C(C)CC(C)CC)[C@H]2O)[C@@H](OC(C)=O)C(C)Cc1ccccc1. The van der Waals surface area contributed by atoms with Gasteiger partial charge in [0.25, 0.3) is 11.2 Å². The summed E-state index contributed by atoms with van der Waals surface area (Å²) in [6.45, 7) is 13.2. The van der Waals surface area contributed by atoms with E-state index in [4.69, 9.17) is 23.7 Å². The third-order valence-electron chi connectivity index (χ3n) is 9.50. The number of fused-ring (bicyclic) bond motifs is 4. The summed E-state index contributed by atoms with van der Waals surface area (Å²) < 4.78 is 27.8. The second-order valence-electron chi connectivity index (χ2n) is 13.2. The maximum absolute atomic E-state index is 13.1. The number of carbonyl (C=O) groups is 5. The van der Waals surface area contributed by atoms with E-state index in [0.717, 1.165) is 24.5 Å². The molecule has 0 aliphatic carbocycles. The van der Waals surface area contributed by atoms with Crippen molar-refractivity contribution in [1.29, 1.82) is 0 Å². The molecule has 10 atom stereocenters. The third kappa shape index (κ3) is 6.50. The molecule has 3 fully saturated rings. The molecule has 0 saturated carbocycles. The molecule has 3 saturated heterocycles. The van der Waals surface area contributed by atoms with Crippen molar-refractivity contribution in [3.63, 3.8) is 0 Å². The van der Waals surface area contributed by atoms with Crippen molar-refractivity contribution in [3.8, 4) is 0 Å². The van der Waals surface area contributed by atoms with E-state index in [-0.39, 0.29) is 24.7 Å². The summed E-state index contributed by atoms with van der Waals surface area (Å²) in [6, 6.07) is 9.46. The number of ether oxygens (including phenoxy) is 5. The van der Waals surface area contributed by atoms with Crippen LogP contribution in [0.25, 0.3) is 0 Å². The van der Waals surface area contributed by atoms with E-state index < -0.39 is 71.3 Å². The van der Waals surface area contributed by atoms with Crippen molar-refractivity contribution in [2.45, 2.75) is 108 Å². The van der Waals surface area contributed by atoms with Crippen LogP contribution >= 0.6 is 0 Å². The van der Waals surface area contributed by atoms with Gasteiger partial charge >= 0.3 is 29.8 Å². The highest BCUT2D eigenvalue weighted by molar-refractivity contribution is 6.04. The smallest absolute Gasteiger partial charge is 0.355 e. The molecule has 3 heterocycles. The minimum Gasteiger partial charge on any atom is -0.479 e. The highest BCUT2D eigenvalue weighted by Crippen LogP contribution is 2.60. The standard InChI is InChI=1S/C35H44O13/c1-7-19(2)17-20(3)13-14-25(37)45-28-27(38)33(46-29-30(39)47-34(29,31(40)41)35(28,48-33)32(42)43)16-15-21(4)26(44-23(6)36)22(5)18-24-11-9-8-10-12-24/h8-14,19-20,22,26-29,38H,4,7,15-18H2,1-3,5-6H3,(H,40,41)(H,42,43)/b14-13+/t19?,20?,22?,26-,27-,28-,29-,33+,34-,35+/m1/s1. The molecule has 262 valence electrons. The quantitative estimate of drug-likeness (QED) is 0.100. The average Bonchev–Trinajstić information content (AvgIpc) is 3.24. The molecule has 48 heavy (non-hydrogen) atoms. The molecule has 0 aromatic heterocycles. The number of hydrogen-bond acceptors (Lipinski definition) is 11. The van der Waals surface area contributed by atoms with Gasteiger partial charge in [0.2, 0.25) is 11.9 Å². The van der Waals surface area contributed by atoms with Crippen molar-refractivity contribution >= 4 is 29.8 Å². The van der Waals surface area contributed by atoms with E-state index in [2.05, 4.69) is 13.5 Å². The molecule has 13 heteroatoms. The maximum Gasteiger partial charge on any atom is 0.355 e. The van der Waals surface area contributed by atoms with Crippen LogP contribution in [0.1, 0.15) is 65.9 Å². The van der Waals surface area contributed by atoms with E-state index in [1.165, 1.54) is 6.92 Å². The first kappa shape index (κ1) is 36.8. The van der Waals surface area contributed by atoms with Gasteiger partial charge < -0.3 is 39.0 Å². The summed E-state index contributed by atoms with van der Waals surface area (Å²) in [6.07, 6.45) is -2.76. The normalized spacial score (nSPS) is 31.4. The number of allylic oxidation sites excluding steroid dienone is 1.